The third kappa shape index (κ3) is 1.82. The fraction of sp³-hybridized carbons (Fsp3) is 0.667. The van der Waals surface area contributed by atoms with Gasteiger partial charge in [-0.1, -0.05) is 0 Å². The van der Waals surface area contributed by atoms with Gasteiger partial charge in [0, 0.05) is 47.8 Å². The largest absolute Gasteiger partial charge is 0.359 e. The van der Waals surface area contributed by atoms with E-state index in [0.29, 0.717) is 6.04 Å². The Labute approximate surface area is 86.2 Å². The minimum atomic E-state index is -0.585. The minimum Gasteiger partial charge on any atom is -0.359 e. The van der Waals surface area contributed by atoms with Gasteiger partial charge in [0.05, 0.1) is 0 Å². The number of imidazole rings is 1. The number of aromatic nitrogens is 2. The topological polar surface area (TPSA) is 46.9 Å². The lowest BCUT2D eigenvalue weighted by Gasteiger charge is -2.24. The second kappa shape index (κ2) is 4.13. The summed E-state index contributed by atoms with van der Waals surface area (Å²) in [6, 6.07) is 0.470. The molecule has 0 aliphatic carbocycles. The van der Waals surface area contributed by atoms with Crippen LogP contribution in [0.25, 0.3) is 0 Å². The Morgan fingerprint density at radius 3 is 2.93 bits per heavy atom. The zero-order valence-corrected chi connectivity index (χ0v) is 9.09. The lowest BCUT2D eigenvalue weighted by atomic mass is 10.1. The first-order chi connectivity index (χ1) is 6.81. The van der Waals surface area contributed by atoms with Crippen molar-refractivity contribution < 1.29 is 4.21 Å². The Balaban J connectivity index is 2.11. The number of rotatable bonds is 2. The van der Waals surface area contributed by atoms with Gasteiger partial charge < -0.3 is 9.88 Å². The molecule has 0 unspecified atom stereocenters. The van der Waals surface area contributed by atoms with E-state index in [1.54, 1.807) is 6.20 Å². The summed E-state index contributed by atoms with van der Waals surface area (Å²) in [6.07, 6.45) is 5.79. The van der Waals surface area contributed by atoms with E-state index in [1.807, 2.05) is 13.2 Å². The van der Waals surface area contributed by atoms with E-state index in [2.05, 4.69) is 14.9 Å². The molecule has 0 amide bonds. The highest BCUT2D eigenvalue weighted by molar-refractivity contribution is 7.85. The van der Waals surface area contributed by atoms with Crippen molar-refractivity contribution in [3.05, 3.63) is 12.4 Å². The number of nitrogens with one attached hydrogen (secondary N) is 1. The van der Waals surface area contributed by atoms with Crippen molar-refractivity contribution in [2.24, 2.45) is 0 Å². The van der Waals surface area contributed by atoms with E-state index in [-0.39, 0.29) is 0 Å². The van der Waals surface area contributed by atoms with E-state index in [9.17, 15) is 4.21 Å². The van der Waals surface area contributed by atoms with Gasteiger partial charge in [-0.15, -0.1) is 0 Å². The molecule has 0 spiro atoms. The highest BCUT2D eigenvalue weighted by atomic mass is 32.2. The molecule has 1 N–H and O–H groups in total. The van der Waals surface area contributed by atoms with Crippen LogP contribution in [-0.2, 0) is 10.8 Å². The van der Waals surface area contributed by atoms with Crippen LogP contribution in [0.1, 0.15) is 18.9 Å². The van der Waals surface area contributed by atoms with Gasteiger partial charge in [-0.05, 0) is 12.8 Å². The lowest BCUT2D eigenvalue weighted by Crippen LogP contribution is -2.22. The van der Waals surface area contributed by atoms with Crippen molar-refractivity contribution >= 4 is 16.7 Å². The molecule has 1 aliphatic heterocycles. The summed E-state index contributed by atoms with van der Waals surface area (Å²) >= 11 is 0. The van der Waals surface area contributed by atoms with Gasteiger partial charge >= 0.3 is 0 Å². The molecule has 1 saturated heterocycles. The summed E-state index contributed by atoms with van der Waals surface area (Å²) in [5.74, 6) is 2.56. The first-order valence-corrected chi connectivity index (χ1v) is 6.35. The van der Waals surface area contributed by atoms with Gasteiger partial charge in [-0.2, -0.15) is 0 Å². The smallest absolute Gasteiger partial charge is 0.202 e. The molecule has 2 heterocycles. The summed E-state index contributed by atoms with van der Waals surface area (Å²) in [4.78, 5) is 4.20. The van der Waals surface area contributed by atoms with E-state index in [0.717, 1.165) is 30.3 Å². The van der Waals surface area contributed by atoms with Crippen molar-refractivity contribution in [2.75, 3.05) is 23.9 Å². The molecule has 2 rings (SSSR count). The van der Waals surface area contributed by atoms with Crippen molar-refractivity contribution in [3.8, 4) is 0 Å². The van der Waals surface area contributed by atoms with Crippen LogP contribution in [0.15, 0.2) is 12.4 Å². The molecular formula is C9H15N3OS. The maximum atomic E-state index is 11.2. The molecule has 0 saturated carbocycles. The van der Waals surface area contributed by atoms with Crippen molar-refractivity contribution in [2.45, 2.75) is 18.9 Å². The van der Waals surface area contributed by atoms with E-state index in [1.165, 1.54) is 0 Å². The zero-order valence-electron chi connectivity index (χ0n) is 8.27. The first kappa shape index (κ1) is 9.71. The zero-order chi connectivity index (χ0) is 9.97. The summed E-state index contributed by atoms with van der Waals surface area (Å²) < 4.78 is 13.4. The molecule has 0 radical (unpaired) electrons. The van der Waals surface area contributed by atoms with Crippen molar-refractivity contribution in [3.63, 3.8) is 0 Å². The van der Waals surface area contributed by atoms with Gasteiger partial charge in [0.1, 0.15) is 0 Å². The predicted molar refractivity (Wildman–Crippen MR) is 57.9 cm³/mol. The molecule has 5 heteroatoms. The highest BCUT2D eigenvalue weighted by Crippen LogP contribution is 2.24. The van der Waals surface area contributed by atoms with Crippen LogP contribution >= 0.6 is 0 Å². The number of anilines is 1. The van der Waals surface area contributed by atoms with Crippen LogP contribution in [0.4, 0.5) is 5.95 Å². The molecule has 14 heavy (non-hydrogen) atoms. The van der Waals surface area contributed by atoms with E-state index in [4.69, 9.17) is 0 Å². The summed E-state index contributed by atoms with van der Waals surface area (Å²) in [5.41, 5.74) is 0. The Kier molecular flexibility index (Phi) is 2.86. The summed E-state index contributed by atoms with van der Waals surface area (Å²) in [5, 5.41) is 3.06. The number of nitrogens with zero attached hydrogens (tertiary/aromatic N) is 2. The van der Waals surface area contributed by atoms with Gasteiger partial charge in [0.2, 0.25) is 5.95 Å². The number of hydrogen-bond acceptors (Lipinski definition) is 3. The van der Waals surface area contributed by atoms with Crippen molar-refractivity contribution in [1.82, 2.24) is 9.55 Å². The van der Waals surface area contributed by atoms with E-state index >= 15 is 0 Å². The maximum absolute atomic E-state index is 11.2. The predicted octanol–water partition coefficient (Wildman–Crippen LogP) is 1.01. The van der Waals surface area contributed by atoms with Crippen LogP contribution < -0.4 is 5.32 Å². The quantitative estimate of drug-likeness (QED) is 0.797. The van der Waals surface area contributed by atoms with Gasteiger partial charge in [0.25, 0.3) is 0 Å². The Morgan fingerprint density at radius 2 is 2.29 bits per heavy atom. The normalized spacial score (nSPS) is 27.5. The molecule has 1 aromatic rings. The first-order valence-electron chi connectivity index (χ1n) is 4.87. The summed E-state index contributed by atoms with van der Waals surface area (Å²) in [7, 11) is 1.29. The van der Waals surface area contributed by atoms with Gasteiger partial charge in [0.15, 0.2) is 0 Å². The average Bonchev–Trinajstić information content (AvgIpc) is 2.67. The SMILES string of the molecule is CNc1nccn1C1CCS(=O)CC1. The number of hydrogen-bond donors (Lipinski definition) is 1. The van der Waals surface area contributed by atoms with Gasteiger partial charge in [-0.25, -0.2) is 4.98 Å². The molecular weight excluding hydrogens is 198 g/mol. The maximum Gasteiger partial charge on any atom is 0.202 e. The molecule has 0 atom stereocenters. The third-order valence-electron chi connectivity index (χ3n) is 2.64. The molecule has 1 aliphatic rings. The summed E-state index contributed by atoms with van der Waals surface area (Å²) in [6.45, 7) is 0. The molecule has 0 bridgehead atoms. The Hall–Kier alpha value is -0.840. The second-order valence-corrected chi connectivity index (χ2v) is 5.18. The fourth-order valence-corrected chi connectivity index (χ4v) is 3.13. The Morgan fingerprint density at radius 1 is 1.57 bits per heavy atom. The van der Waals surface area contributed by atoms with Crippen molar-refractivity contribution in [1.29, 1.82) is 0 Å². The standard InChI is InChI=1S/C9H15N3OS/c1-10-9-11-4-5-12(9)8-2-6-14(13)7-3-8/h4-5,8H,2-3,6-7H2,1H3,(H,10,11). The lowest BCUT2D eigenvalue weighted by molar-refractivity contribution is 0.466. The monoisotopic (exact) mass is 213 g/mol. The molecule has 1 fully saturated rings. The van der Waals surface area contributed by atoms with Crippen LogP contribution in [0, 0.1) is 0 Å². The van der Waals surface area contributed by atoms with Crippen LogP contribution in [0.3, 0.4) is 0 Å². The second-order valence-electron chi connectivity index (χ2n) is 3.49. The van der Waals surface area contributed by atoms with Crippen LogP contribution in [0.2, 0.25) is 0 Å². The Bertz CT molecular complexity index is 327. The van der Waals surface area contributed by atoms with Crippen LogP contribution in [-0.4, -0.2) is 32.3 Å². The molecule has 78 valence electrons. The van der Waals surface area contributed by atoms with E-state index < -0.39 is 10.8 Å². The molecule has 4 nitrogen and oxygen atoms in total. The molecule has 1 aromatic heterocycles. The van der Waals surface area contributed by atoms with Gasteiger partial charge in [-0.3, -0.25) is 4.21 Å². The average molecular weight is 213 g/mol. The molecule has 0 aromatic carbocycles. The highest BCUT2D eigenvalue weighted by Gasteiger charge is 2.20. The minimum absolute atomic E-state index is 0.470. The fourth-order valence-electron chi connectivity index (χ4n) is 1.86. The third-order valence-corrected chi connectivity index (χ3v) is 4.03. The van der Waals surface area contributed by atoms with Crippen LogP contribution in [0.5, 0.6) is 0 Å².